The van der Waals surface area contributed by atoms with E-state index in [1.54, 1.807) is 0 Å². The third-order valence-electron chi connectivity index (χ3n) is 1.07. The number of aliphatic hydroxyl groups is 1. The van der Waals surface area contributed by atoms with Crippen molar-refractivity contribution in [3.05, 3.63) is 12.2 Å². The lowest BCUT2D eigenvalue weighted by Crippen LogP contribution is -2.01. The van der Waals surface area contributed by atoms with Crippen LogP contribution in [0.15, 0.2) is 12.2 Å². The first-order valence-electron chi connectivity index (χ1n) is 3.15. The summed E-state index contributed by atoms with van der Waals surface area (Å²) in [5.74, 6) is -0.438. The standard InChI is InChI=1S/C7H12O3/c1-3-6(8)4-5-7(9)10-2/h4-6,8H,3H2,1-2H3/b5-4+/t6-/m0/s1. The van der Waals surface area contributed by atoms with Crippen molar-refractivity contribution >= 4 is 5.97 Å². The quantitative estimate of drug-likeness (QED) is 0.463. The number of hydrogen-bond acceptors (Lipinski definition) is 3. The van der Waals surface area contributed by atoms with Crippen LogP contribution in [0.25, 0.3) is 0 Å². The van der Waals surface area contributed by atoms with Crippen molar-refractivity contribution in [3.8, 4) is 0 Å². The second kappa shape index (κ2) is 4.99. The fourth-order valence-electron chi connectivity index (χ4n) is 0.394. The van der Waals surface area contributed by atoms with Crippen LogP contribution in [0.3, 0.4) is 0 Å². The summed E-state index contributed by atoms with van der Waals surface area (Å²) in [6, 6.07) is 0. The van der Waals surface area contributed by atoms with E-state index in [0.29, 0.717) is 6.42 Å². The Morgan fingerprint density at radius 2 is 2.40 bits per heavy atom. The summed E-state index contributed by atoms with van der Waals surface area (Å²) in [7, 11) is 1.30. The third-order valence-corrected chi connectivity index (χ3v) is 1.07. The van der Waals surface area contributed by atoms with Crippen LogP contribution in [0, 0.1) is 0 Å². The minimum Gasteiger partial charge on any atom is -0.466 e. The number of aliphatic hydroxyl groups excluding tert-OH is 1. The monoisotopic (exact) mass is 144 g/mol. The Kier molecular flexibility index (Phi) is 4.58. The lowest BCUT2D eigenvalue weighted by Gasteiger charge is -1.97. The Hall–Kier alpha value is -0.830. The summed E-state index contributed by atoms with van der Waals surface area (Å²) in [6.07, 6.45) is 2.69. The Balaban J connectivity index is 3.63. The first kappa shape index (κ1) is 9.17. The highest BCUT2D eigenvalue weighted by Crippen LogP contribution is 1.91. The van der Waals surface area contributed by atoms with E-state index >= 15 is 0 Å². The van der Waals surface area contributed by atoms with Crippen molar-refractivity contribution in [2.24, 2.45) is 0 Å². The molecule has 10 heavy (non-hydrogen) atoms. The molecular weight excluding hydrogens is 132 g/mol. The topological polar surface area (TPSA) is 46.5 Å². The van der Waals surface area contributed by atoms with E-state index in [-0.39, 0.29) is 0 Å². The summed E-state index contributed by atoms with van der Waals surface area (Å²) in [5.41, 5.74) is 0. The fourth-order valence-corrected chi connectivity index (χ4v) is 0.394. The van der Waals surface area contributed by atoms with Gasteiger partial charge in [0.2, 0.25) is 0 Å². The molecule has 0 aromatic heterocycles. The van der Waals surface area contributed by atoms with Crippen molar-refractivity contribution in [2.75, 3.05) is 7.11 Å². The van der Waals surface area contributed by atoms with Crippen LogP contribution in [0.4, 0.5) is 0 Å². The Morgan fingerprint density at radius 3 is 2.80 bits per heavy atom. The maximum atomic E-state index is 10.4. The largest absolute Gasteiger partial charge is 0.466 e. The van der Waals surface area contributed by atoms with Gasteiger partial charge in [-0.3, -0.25) is 0 Å². The molecule has 1 atom stereocenters. The van der Waals surface area contributed by atoms with Crippen LogP contribution in [-0.2, 0) is 9.53 Å². The first-order valence-corrected chi connectivity index (χ1v) is 3.15. The van der Waals surface area contributed by atoms with Crippen LogP contribution < -0.4 is 0 Å². The number of ether oxygens (including phenoxy) is 1. The van der Waals surface area contributed by atoms with Crippen molar-refractivity contribution in [2.45, 2.75) is 19.4 Å². The zero-order chi connectivity index (χ0) is 7.98. The molecule has 3 heteroatoms. The van der Waals surface area contributed by atoms with Gasteiger partial charge in [-0.1, -0.05) is 6.92 Å². The van der Waals surface area contributed by atoms with E-state index < -0.39 is 12.1 Å². The van der Waals surface area contributed by atoms with E-state index in [9.17, 15) is 4.79 Å². The molecule has 0 aliphatic carbocycles. The minimum absolute atomic E-state index is 0.438. The molecule has 0 saturated carbocycles. The maximum absolute atomic E-state index is 10.4. The summed E-state index contributed by atoms with van der Waals surface area (Å²) in [5, 5.41) is 8.91. The van der Waals surface area contributed by atoms with Gasteiger partial charge in [0.15, 0.2) is 0 Å². The molecule has 0 aliphatic heterocycles. The highest BCUT2D eigenvalue weighted by Gasteiger charge is 1.95. The Bertz CT molecular complexity index is 129. The van der Waals surface area contributed by atoms with Gasteiger partial charge in [0.05, 0.1) is 13.2 Å². The molecule has 0 bridgehead atoms. The van der Waals surface area contributed by atoms with Crippen LogP contribution in [0.1, 0.15) is 13.3 Å². The molecule has 0 unspecified atom stereocenters. The zero-order valence-corrected chi connectivity index (χ0v) is 6.20. The average Bonchev–Trinajstić information content (AvgIpc) is 1.99. The minimum atomic E-state index is -0.543. The number of hydrogen-bond donors (Lipinski definition) is 1. The predicted octanol–water partition coefficient (Wildman–Crippen LogP) is 0.486. The van der Waals surface area contributed by atoms with E-state index in [1.807, 2.05) is 6.92 Å². The van der Waals surface area contributed by atoms with Crippen molar-refractivity contribution < 1.29 is 14.6 Å². The molecule has 0 aromatic carbocycles. The number of esters is 1. The van der Waals surface area contributed by atoms with Crippen molar-refractivity contribution in [3.63, 3.8) is 0 Å². The highest BCUT2D eigenvalue weighted by atomic mass is 16.5. The summed E-state index contributed by atoms with van der Waals surface area (Å²) >= 11 is 0. The molecule has 3 nitrogen and oxygen atoms in total. The number of methoxy groups -OCH3 is 1. The summed E-state index contributed by atoms with van der Waals surface area (Å²) < 4.78 is 4.31. The van der Waals surface area contributed by atoms with Gasteiger partial charge >= 0.3 is 5.97 Å². The Morgan fingerprint density at radius 1 is 1.80 bits per heavy atom. The van der Waals surface area contributed by atoms with Gasteiger partial charge in [-0.15, -0.1) is 0 Å². The maximum Gasteiger partial charge on any atom is 0.330 e. The number of rotatable bonds is 3. The first-order chi connectivity index (χ1) is 4.70. The second-order valence-corrected chi connectivity index (χ2v) is 1.86. The second-order valence-electron chi connectivity index (χ2n) is 1.86. The molecule has 1 N–H and O–H groups in total. The molecule has 0 radical (unpaired) electrons. The highest BCUT2D eigenvalue weighted by molar-refractivity contribution is 5.81. The van der Waals surface area contributed by atoms with Gasteiger partial charge in [0, 0.05) is 6.08 Å². The average molecular weight is 144 g/mol. The number of carbonyl (C=O) groups excluding carboxylic acids is 1. The molecule has 0 rings (SSSR count). The van der Waals surface area contributed by atoms with Gasteiger partial charge in [-0.25, -0.2) is 4.79 Å². The third kappa shape index (κ3) is 4.09. The summed E-state index contributed by atoms with van der Waals surface area (Å²) in [6.45, 7) is 1.83. The van der Waals surface area contributed by atoms with Crippen molar-refractivity contribution in [1.82, 2.24) is 0 Å². The van der Waals surface area contributed by atoms with E-state index in [2.05, 4.69) is 4.74 Å². The molecule has 0 saturated heterocycles. The molecule has 58 valence electrons. The molecule has 0 amide bonds. The smallest absolute Gasteiger partial charge is 0.330 e. The van der Waals surface area contributed by atoms with Crippen LogP contribution in [0.5, 0.6) is 0 Å². The number of carbonyl (C=O) groups is 1. The van der Waals surface area contributed by atoms with E-state index in [4.69, 9.17) is 5.11 Å². The lowest BCUT2D eigenvalue weighted by atomic mass is 10.2. The zero-order valence-electron chi connectivity index (χ0n) is 6.20. The van der Waals surface area contributed by atoms with Gasteiger partial charge in [-0.05, 0) is 12.5 Å². The molecule has 0 fully saturated rings. The van der Waals surface area contributed by atoms with Crippen molar-refractivity contribution in [1.29, 1.82) is 0 Å². The molecular formula is C7H12O3. The van der Waals surface area contributed by atoms with Gasteiger partial charge in [-0.2, -0.15) is 0 Å². The molecule has 0 aliphatic rings. The predicted molar refractivity (Wildman–Crippen MR) is 37.5 cm³/mol. The molecule has 0 heterocycles. The van der Waals surface area contributed by atoms with Crippen LogP contribution in [-0.4, -0.2) is 24.3 Å². The fraction of sp³-hybridized carbons (Fsp3) is 0.571. The SMILES string of the molecule is CC[C@H](O)/C=C/C(=O)OC. The van der Waals surface area contributed by atoms with Gasteiger partial charge < -0.3 is 9.84 Å². The van der Waals surface area contributed by atoms with E-state index in [0.717, 1.165) is 0 Å². The van der Waals surface area contributed by atoms with E-state index in [1.165, 1.54) is 19.3 Å². The van der Waals surface area contributed by atoms with Gasteiger partial charge in [0.1, 0.15) is 0 Å². The summed E-state index contributed by atoms with van der Waals surface area (Å²) in [4.78, 5) is 10.4. The van der Waals surface area contributed by atoms with Crippen LogP contribution in [0.2, 0.25) is 0 Å². The van der Waals surface area contributed by atoms with Crippen LogP contribution >= 0.6 is 0 Å². The molecule has 0 spiro atoms. The lowest BCUT2D eigenvalue weighted by molar-refractivity contribution is -0.134. The molecule has 0 aromatic rings. The normalized spacial score (nSPS) is 13.5. The Labute approximate surface area is 60.3 Å². The van der Waals surface area contributed by atoms with Gasteiger partial charge in [0.25, 0.3) is 0 Å².